The van der Waals surface area contributed by atoms with Gasteiger partial charge < -0.3 is 20.1 Å². The second kappa shape index (κ2) is 10.5. The number of rotatable bonds is 7. The van der Waals surface area contributed by atoms with Crippen LogP contribution in [0.25, 0.3) is 5.69 Å². The highest BCUT2D eigenvalue weighted by atomic mass is 32.1. The number of aryl methyl sites for hydroxylation is 2. The summed E-state index contributed by atoms with van der Waals surface area (Å²) in [6.45, 7) is 4.62. The smallest absolute Gasteiger partial charge is 0.226 e. The first kappa shape index (κ1) is 24.6. The van der Waals surface area contributed by atoms with Gasteiger partial charge in [-0.05, 0) is 97.9 Å². The number of pyridine rings is 1. The molecule has 2 atom stereocenters. The third kappa shape index (κ3) is 5.24. The molecule has 0 radical (unpaired) electrons. The number of thiocarbonyl (C=S) groups is 1. The molecule has 8 heteroatoms. The van der Waals surface area contributed by atoms with Gasteiger partial charge in [-0.3, -0.25) is 9.78 Å². The van der Waals surface area contributed by atoms with Crippen molar-refractivity contribution in [2.24, 2.45) is 0 Å². The molecule has 1 fully saturated rings. The fourth-order valence-electron chi connectivity index (χ4n) is 4.69. The first-order valence-electron chi connectivity index (χ1n) is 12.2. The number of halogens is 1. The number of hydrogen-bond acceptors (Lipinski definition) is 3. The fraction of sp³-hybridized carbons (Fsp3) is 0.207. The Balaban J connectivity index is 1.44. The lowest BCUT2D eigenvalue weighted by molar-refractivity contribution is -0.116. The maximum Gasteiger partial charge on any atom is 0.226 e. The van der Waals surface area contributed by atoms with E-state index in [-0.39, 0.29) is 30.2 Å². The van der Waals surface area contributed by atoms with Gasteiger partial charge in [-0.25, -0.2) is 4.39 Å². The van der Waals surface area contributed by atoms with Gasteiger partial charge in [0.15, 0.2) is 5.11 Å². The molecular formula is C29H28FN5OS. The first-order valence-corrected chi connectivity index (χ1v) is 12.6. The summed E-state index contributed by atoms with van der Waals surface area (Å²) in [4.78, 5) is 19.4. The molecule has 4 aromatic rings. The molecule has 2 N–H and O–H groups in total. The normalized spacial score (nSPS) is 17.1. The van der Waals surface area contributed by atoms with E-state index in [1.165, 1.54) is 23.3 Å². The quantitative estimate of drug-likeness (QED) is 0.314. The van der Waals surface area contributed by atoms with Crippen LogP contribution in [0.4, 0.5) is 10.1 Å². The summed E-state index contributed by atoms with van der Waals surface area (Å²) in [5.41, 5.74) is 6.00. The Morgan fingerprint density at radius 3 is 2.59 bits per heavy atom. The maximum atomic E-state index is 13.2. The Hall–Kier alpha value is -4.04. The summed E-state index contributed by atoms with van der Waals surface area (Å²) in [6.07, 6.45) is 4.04. The van der Waals surface area contributed by atoms with Crippen molar-refractivity contribution in [1.82, 2.24) is 19.8 Å². The van der Waals surface area contributed by atoms with Crippen LogP contribution >= 0.6 is 12.2 Å². The van der Waals surface area contributed by atoms with Crippen LogP contribution in [0.1, 0.15) is 41.0 Å². The molecule has 0 spiro atoms. The summed E-state index contributed by atoms with van der Waals surface area (Å²) < 4.78 is 15.4. The average molecular weight is 514 g/mol. The Labute approximate surface area is 221 Å². The molecule has 1 aliphatic heterocycles. The number of benzene rings is 2. The minimum absolute atomic E-state index is 0.168. The van der Waals surface area contributed by atoms with Crippen molar-refractivity contribution in [2.75, 3.05) is 11.9 Å². The Morgan fingerprint density at radius 1 is 1.05 bits per heavy atom. The van der Waals surface area contributed by atoms with Gasteiger partial charge in [0.1, 0.15) is 5.82 Å². The predicted octanol–water partition coefficient (Wildman–Crippen LogP) is 5.63. The molecule has 2 aromatic heterocycles. The number of carbonyl (C=O) groups is 1. The van der Waals surface area contributed by atoms with Gasteiger partial charge in [-0.1, -0.05) is 12.1 Å². The molecule has 1 amide bonds. The summed E-state index contributed by atoms with van der Waals surface area (Å²) in [7, 11) is 0. The molecule has 3 heterocycles. The van der Waals surface area contributed by atoms with E-state index < -0.39 is 0 Å². The molecule has 0 unspecified atom stereocenters. The fourth-order valence-corrected chi connectivity index (χ4v) is 5.02. The lowest BCUT2D eigenvalue weighted by Crippen LogP contribution is -2.33. The third-order valence-corrected chi connectivity index (χ3v) is 7.11. The van der Waals surface area contributed by atoms with Crippen molar-refractivity contribution in [3.05, 3.63) is 114 Å². The number of amides is 1. The van der Waals surface area contributed by atoms with E-state index in [0.717, 1.165) is 17.1 Å². The van der Waals surface area contributed by atoms with Gasteiger partial charge in [0, 0.05) is 42.4 Å². The highest BCUT2D eigenvalue weighted by molar-refractivity contribution is 7.80. The van der Waals surface area contributed by atoms with E-state index in [4.69, 9.17) is 12.2 Å². The summed E-state index contributed by atoms with van der Waals surface area (Å²) in [5.74, 6) is -0.513. The monoisotopic (exact) mass is 513 g/mol. The Morgan fingerprint density at radius 2 is 1.86 bits per heavy atom. The lowest BCUT2D eigenvalue weighted by atomic mass is 10.0. The van der Waals surface area contributed by atoms with Gasteiger partial charge in [-0.15, -0.1) is 0 Å². The van der Waals surface area contributed by atoms with E-state index in [2.05, 4.69) is 69.4 Å². The second-order valence-electron chi connectivity index (χ2n) is 9.20. The SMILES string of the molecule is Cc1ccc(-n2cccc2[C@@H]2[C@@H](c3ccccn3)NC(=S)N2CCC(=O)Nc2ccc(F)cc2)cc1C. The van der Waals surface area contributed by atoms with Crippen molar-refractivity contribution >= 4 is 28.9 Å². The van der Waals surface area contributed by atoms with E-state index >= 15 is 0 Å². The molecule has 0 saturated carbocycles. The summed E-state index contributed by atoms with van der Waals surface area (Å²) in [5, 5.41) is 6.85. The van der Waals surface area contributed by atoms with Crippen LogP contribution in [0.15, 0.2) is 85.2 Å². The van der Waals surface area contributed by atoms with E-state index in [1.807, 2.05) is 24.3 Å². The van der Waals surface area contributed by atoms with Crippen LogP contribution in [-0.4, -0.2) is 32.0 Å². The molecule has 6 nitrogen and oxygen atoms in total. The van der Waals surface area contributed by atoms with Crippen molar-refractivity contribution in [3.8, 4) is 5.69 Å². The van der Waals surface area contributed by atoms with Gasteiger partial charge in [-0.2, -0.15) is 0 Å². The lowest BCUT2D eigenvalue weighted by Gasteiger charge is -2.29. The maximum absolute atomic E-state index is 13.2. The molecule has 5 rings (SSSR count). The number of nitrogens with zero attached hydrogens (tertiary/aromatic N) is 3. The van der Waals surface area contributed by atoms with Gasteiger partial charge in [0.05, 0.1) is 17.8 Å². The topological polar surface area (TPSA) is 62.2 Å². The van der Waals surface area contributed by atoms with E-state index in [0.29, 0.717) is 17.3 Å². The molecule has 1 aliphatic rings. The number of aromatic nitrogens is 2. The van der Waals surface area contributed by atoms with Gasteiger partial charge in [0.25, 0.3) is 0 Å². The largest absolute Gasteiger partial charge is 0.352 e. The number of hydrogen-bond donors (Lipinski definition) is 2. The molecule has 2 aromatic carbocycles. The highest BCUT2D eigenvalue weighted by Crippen LogP contribution is 2.39. The van der Waals surface area contributed by atoms with Crippen LogP contribution in [0.2, 0.25) is 0 Å². The van der Waals surface area contributed by atoms with Crippen LogP contribution in [0, 0.1) is 19.7 Å². The zero-order chi connectivity index (χ0) is 25.9. The standard InChI is InChI=1S/C29H28FN5OS/c1-19-8-13-23(18-20(19)2)34-16-5-7-25(34)28-27(24-6-3-4-15-31-24)33-29(37)35(28)17-14-26(36)32-22-11-9-21(30)10-12-22/h3-13,15-16,18,27-28H,14,17H2,1-2H3,(H,32,36)(H,33,37)/t27-,28-/m1/s1. The first-order chi connectivity index (χ1) is 17.9. The number of anilines is 1. The minimum Gasteiger partial charge on any atom is -0.352 e. The second-order valence-corrected chi connectivity index (χ2v) is 9.58. The van der Waals surface area contributed by atoms with Crippen LogP contribution in [-0.2, 0) is 4.79 Å². The Kier molecular flexibility index (Phi) is 7.01. The van der Waals surface area contributed by atoms with Crippen LogP contribution in [0.5, 0.6) is 0 Å². The molecule has 37 heavy (non-hydrogen) atoms. The molecule has 0 aliphatic carbocycles. The average Bonchev–Trinajstić information content (AvgIpc) is 3.50. The summed E-state index contributed by atoms with van der Waals surface area (Å²) in [6, 6.07) is 21.8. The Bertz CT molecular complexity index is 1420. The van der Waals surface area contributed by atoms with E-state index in [9.17, 15) is 9.18 Å². The summed E-state index contributed by atoms with van der Waals surface area (Å²) >= 11 is 5.77. The zero-order valence-electron chi connectivity index (χ0n) is 20.7. The van der Waals surface area contributed by atoms with Crippen molar-refractivity contribution in [1.29, 1.82) is 0 Å². The molecule has 188 valence electrons. The van der Waals surface area contributed by atoms with E-state index in [1.54, 1.807) is 18.3 Å². The van der Waals surface area contributed by atoms with Crippen LogP contribution < -0.4 is 10.6 Å². The highest BCUT2D eigenvalue weighted by Gasteiger charge is 2.41. The zero-order valence-corrected chi connectivity index (χ0v) is 21.5. The number of carbonyl (C=O) groups excluding carboxylic acids is 1. The van der Waals surface area contributed by atoms with Crippen LogP contribution in [0.3, 0.4) is 0 Å². The van der Waals surface area contributed by atoms with Gasteiger partial charge in [0.2, 0.25) is 5.91 Å². The van der Waals surface area contributed by atoms with Crippen molar-refractivity contribution in [2.45, 2.75) is 32.4 Å². The minimum atomic E-state index is -0.346. The van der Waals surface area contributed by atoms with Gasteiger partial charge >= 0.3 is 0 Å². The number of nitrogens with one attached hydrogen (secondary N) is 2. The van der Waals surface area contributed by atoms with Crippen molar-refractivity contribution < 1.29 is 9.18 Å². The predicted molar refractivity (Wildman–Crippen MR) is 147 cm³/mol. The molecule has 1 saturated heterocycles. The molecule has 0 bridgehead atoms. The molecular weight excluding hydrogens is 485 g/mol. The third-order valence-electron chi connectivity index (χ3n) is 6.76. The van der Waals surface area contributed by atoms with Crippen molar-refractivity contribution in [3.63, 3.8) is 0 Å².